The zero-order chi connectivity index (χ0) is 14.7. The molecule has 1 fully saturated rings. The number of hydrogen-bond acceptors (Lipinski definition) is 3. The van der Waals surface area contributed by atoms with Crippen LogP contribution < -0.4 is 4.90 Å². The van der Waals surface area contributed by atoms with Gasteiger partial charge in [0.25, 0.3) is 0 Å². The van der Waals surface area contributed by atoms with E-state index in [1.165, 1.54) is 6.08 Å². The van der Waals surface area contributed by atoms with E-state index in [1.807, 2.05) is 32.0 Å². The standard InChI is InChI=1S/C15H18BrNO3/c1-10-8-17(9-11(2)20-10)14-5-4-13(16)7-12(14)3-6-15(18)19/h3-7,10-11H,8-9H2,1-2H3,(H,18,19)/b6-3+. The third-order valence-corrected chi connectivity index (χ3v) is 3.65. The maximum absolute atomic E-state index is 10.7. The molecule has 1 saturated heterocycles. The van der Waals surface area contributed by atoms with Crippen molar-refractivity contribution in [3.05, 3.63) is 34.3 Å². The third-order valence-electron chi connectivity index (χ3n) is 3.16. The van der Waals surface area contributed by atoms with Gasteiger partial charge in [0.2, 0.25) is 0 Å². The van der Waals surface area contributed by atoms with Crippen LogP contribution in [-0.4, -0.2) is 36.4 Å². The van der Waals surface area contributed by atoms with Crippen molar-refractivity contribution in [1.82, 2.24) is 0 Å². The second kappa shape index (κ2) is 6.41. The molecule has 0 radical (unpaired) electrons. The molecule has 0 saturated carbocycles. The summed E-state index contributed by atoms with van der Waals surface area (Å²) in [6.45, 7) is 5.71. The van der Waals surface area contributed by atoms with Gasteiger partial charge in [-0.15, -0.1) is 0 Å². The number of rotatable bonds is 3. The fourth-order valence-corrected chi connectivity index (χ4v) is 2.86. The van der Waals surface area contributed by atoms with Crippen LogP contribution in [0.2, 0.25) is 0 Å². The predicted molar refractivity (Wildman–Crippen MR) is 83.0 cm³/mol. The monoisotopic (exact) mass is 339 g/mol. The average Bonchev–Trinajstić information content (AvgIpc) is 2.35. The Morgan fingerprint density at radius 1 is 1.40 bits per heavy atom. The average molecular weight is 340 g/mol. The second-order valence-electron chi connectivity index (χ2n) is 5.04. The van der Waals surface area contributed by atoms with Crippen molar-refractivity contribution in [3.8, 4) is 0 Å². The van der Waals surface area contributed by atoms with Crippen LogP contribution in [0, 0.1) is 0 Å². The van der Waals surface area contributed by atoms with Gasteiger partial charge in [0.1, 0.15) is 0 Å². The van der Waals surface area contributed by atoms with E-state index in [1.54, 1.807) is 6.08 Å². The predicted octanol–water partition coefficient (Wildman–Crippen LogP) is 3.16. The molecule has 0 spiro atoms. The SMILES string of the molecule is CC1CN(c2ccc(Br)cc2/C=C/C(=O)O)CC(C)O1. The van der Waals surface area contributed by atoms with Gasteiger partial charge in [-0.25, -0.2) is 4.79 Å². The van der Waals surface area contributed by atoms with E-state index in [-0.39, 0.29) is 12.2 Å². The second-order valence-corrected chi connectivity index (χ2v) is 5.95. The zero-order valence-corrected chi connectivity index (χ0v) is 13.1. The molecule has 2 rings (SSSR count). The molecule has 0 aliphatic carbocycles. The van der Waals surface area contributed by atoms with Gasteiger partial charge < -0.3 is 14.7 Å². The van der Waals surface area contributed by atoms with Gasteiger partial charge in [0.05, 0.1) is 12.2 Å². The quantitative estimate of drug-likeness (QED) is 0.859. The minimum absolute atomic E-state index is 0.165. The summed E-state index contributed by atoms with van der Waals surface area (Å²) in [4.78, 5) is 13.0. The molecule has 2 unspecified atom stereocenters. The van der Waals surface area contributed by atoms with Crippen LogP contribution >= 0.6 is 15.9 Å². The summed E-state index contributed by atoms with van der Waals surface area (Å²) < 4.78 is 6.67. The molecule has 5 heteroatoms. The van der Waals surface area contributed by atoms with Crippen LogP contribution in [0.4, 0.5) is 5.69 Å². The molecule has 1 aromatic rings. The van der Waals surface area contributed by atoms with Gasteiger partial charge in [-0.2, -0.15) is 0 Å². The first-order valence-electron chi connectivity index (χ1n) is 6.56. The summed E-state index contributed by atoms with van der Waals surface area (Å²) in [6, 6.07) is 5.91. The summed E-state index contributed by atoms with van der Waals surface area (Å²) in [5.74, 6) is -0.945. The Balaban J connectivity index is 2.32. The van der Waals surface area contributed by atoms with Crippen LogP contribution in [0.15, 0.2) is 28.7 Å². The number of halogens is 1. The fourth-order valence-electron chi connectivity index (χ4n) is 2.48. The van der Waals surface area contributed by atoms with Gasteiger partial charge in [-0.1, -0.05) is 15.9 Å². The first-order valence-corrected chi connectivity index (χ1v) is 7.36. The molecular formula is C15H18BrNO3. The third kappa shape index (κ3) is 3.84. The van der Waals surface area contributed by atoms with E-state index in [9.17, 15) is 4.79 Å². The van der Waals surface area contributed by atoms with Crippen molar-refractivity contribution >= 4 is 33.7 Å². The van der Waals surface area contributed by atoms with Crippen molar-refractivity contribution in [2.45, 2.75) is 26.1 Å². The molecule has 0 bridgehead atoms. The Morgan fingerprint density at radius 2 is 2.05 bits per heavy atom. The molecule has 0 aromatic heterocycles. The number of carboxylic acid groups (broad SMARTS) is 1. The van der Waals surface area contributed by atoms with E-state index >= 15 is 0 Å². The normalized spacial score (nSPS) is 23.2. The number of nitrogens with zero attached hydrogens (tertiary/aromatic N) is 1. The zero-order valence-electron chi connectivity index (χ0n) is 11.5. The van der Waals surface area contributed by atoms with Crippen LogP contribution in [-0.2, 0) is 9.53 Å². The highest BCUT2D eigenvalue weighted by atomic mass is 79.9. The van der Waals surface area contributed by atoms with E-state index in [0.29, 0.717) is 0 Å². The van der Waals surface area contributed by atoms with Crippen molar-refractivity contribution < 1.29 is 14.6 Å². The first kappa shape index (κ1) is 15.1. The minimum atomic E-state index is -0.945. The Labute approximate surface area is 127 Å². The Hall–Kier alpha value is -1.33. The summed E-state index contributed by atoms with van der Waals surface area (Å²) in [6.07, 6.45) is 3.13. The van der Waals surface area contributed by atoms with Crippen LogP contribution in [0.25, 0.3) is 6.08 Å². The number of benzene rings is 1. The van der Waals surface area contributed by atoms with Gasteiger partial charge in [0, 0.05) is 29.3 Å². The summed E-state index contributed by atoms with van der Waals surface area (Å²) in [7, 11) is 0. The van der Waals surface area contributed by atoms with Crippen molar-refractivity contribution in [1.29, 1.82) is 0 Å². The maximum atomic E-state index is 10.7. The van der Waals surface area contributed by atoms with Crippen molar-refractivity contribution in [2.75, 3.05) is 18.0 Å². The summed E-state index contributed by atoms with van der Waals surface area (Å²) in [5, 5.41) is 8.80. The first-order chi connectivity index (χ1) is 9.45. The largest absolute Gasteiger partial charge is 0.478 e. The molecule has 1 heterocycles. The highest BCUT2D eigenvalue weighted by Gasteiger charge is 2.23. The molecule has 1 aliphatic heterocycles. The number of carboxylic acids is 1. The molecule has 0 amide bonds. The number of carbonyl (C=O) groups is 1. The van der Waals surface area contributed by atoms with Gasteiger partial charge in [0.15, 0.2) is 0 Å². The number of aliphatic carboxylic acids is 1. The number of ether oxygens (including phenoxy) is 1. The lowest BCUT2D eigenvalue weighted by atomic mass is 10.1. The topological polar surface area (TPSA) is 49.8 Å². The van der Waals surface area contributed by atoms with E-state index in [2.05, 4.69) is 20.8 Å². The molecule has 1 N–H and O–H groups in total. The number of hydrogen-bond donors (Lipinski definition) is 1. The smallest absolute Gasteiger partial charge is 0.328 e. The summed E-state index contributed by atoms with van der Waals surface area (Å²) >= 11 is 3.43. The van der Waals surface area contributed by atoms with E-state index in [4.69, 9.17) is 9.84 Å². The Bertz CT molecular complexity index is 520. The molecule has 4 nitrogen and oxygen atoms in total. The highest BCUT2D eigenvalue weighted by Crippen LogP contribution is 2.28. The molecule has 1 aliphatic rings. The summed E-state index contributed by atoms with van der Waals surface area (Å²) in [5.41, 5.74) is 1.93. The van der Waals surface area contributed by atoms with Crippen LogP contribution in [0.1, 0.15) is 19.4 Å². The number of anilines is 1. The van der Waals surface area contributed by atoms with Crippen molar-refractivity contribution in [2.24, 2.45) is 0 Å². The maximum Gasteiger partial charge on any atom is 0.328 e. The van der Waals surface area contributed by atoms with Crippen molar-refractivity contribution in [3.63, 3.8) is 0 Å². The molecule has 20 heavy (non-hydrogen) atoms. The molecule has 1 aromatic carbocycles. The van der Waals surface area contributed by atoms with Crippen LogP contribution in [0.3, 0.4) is 0 Å². The number of morpholine rings is 1. The van der Waals surface area contributed by atoms with E-state index in [0.717, 1.165) is 28.8 Å². The van der Waals surface area contributed by atoms with Gasteiger partial charge in [-0.05, 0) is 43.7 Å². The Kier molecular flexibility index (Phi) is 4.83. The van der Waals surface area contributed by atoms with Crippen LogP contribution in [0.5, 0.6) is 0 Å². The lowest BCUT2D eigenvalue weighted by Crippen LogP contribution is -2.45. The van der Waals surface area contributed by atoms with Gasteiger partial charge in [-0.3, -0.25) is 0 Å². The fraction of sp³-hybridized carbons (Fsp3) is 0.400. The lowest BCUT2D eigenvalue weighted by molar-refractivity contribution is -0.131. The Morgan fingerprint density at radius 3 is 2.65 bits per heavy atom. The molecule has 2 atom stereocenters. The lowest BCUT2D eigenvalue weighted by Gasteiger charge is -2.37. The van der Waals surface area contributed by atoms with E-state index < -0.39 is 5.97 Å². The van der Waals surface area contributed by atoms with Gasteiger partial charge >= 0.3 is 5.97 Å². The highest BCUT2D eigenvalue weighted by molar-refractivity contribution is 9.10. The molecular weight excluding hydrogens is 322 g/mol. The minimum Gasteiger partial charge on any atom is -0.478 e. The molecule has 108 valence electrons.